The maximum atomic E-state index is 11.9. The molecule has 0 bridgehead atoms. The molecule has 0 aliphatic rings. The van der Waals surface area contributed by atoms with Gasteiger partial charge in [-0.3, -0.25) is 4.79 Å². The van der Waals surface area contributed by atoms with E-state index in [4.69, 9.17) is 11.6 Å². The molecule has 17 heavy (non-hydrogen) atoms. The number of halogens is 1. The summed E-state index contributed by atoms with van der Waals surface area (Å²) in [7, 11) is 0. The maximum absolute atomic E-state index is 11.9. The third-order valence-electron chi connectivity index (χ3n) is 2.48. The van der Waals surface area contributed by atoms with Crippen LogP contribution >= 0.6 is 11.6 Å². The van der Waals surface area contributed by atoms with Crippen LogP contribution in [0.4, 0.5) is 0 Å². The summed E-state index contributed by atoms with van der Waals surface area (Å²) in [4.78, 5) is 11.9. The van der Waals surface area contributed by atoms with Crippen molar-refractivity contribution in [3.05, 3.63) is 34.3 Å². The Morgan fingerprint density at radius 3 is 2.71 bits per heavy atom. The van der Waals surface area contributed by atoms with E-state index < -0.39 is 0 Å². The van der Waals surface area contributed by atoms with Crippen molar-refractivity contribution < 1.29 is 4.79 Å². The Morgan fingerprint density at radius 1 is 1.35 bits per heavy atom. The number of carbonyl (C=O) groups excluding carboxylic acids is 1. The zero-order valence-corrected chi connectivity index (χ0v) is 11.3. The molecule has 0 saturated heterocycles. The smallest absolute Gasteiger partial charge is 0.251 e. The highest BCUT2D eigenvalue weighted by molar-refractivity contribution is 6.31. The predicted molar refractivity (Wildman–Crippen MR) is 71.7 cm³/mol. The SMILES string of the molecule is Cc1c(Cl)cccc1C(=O)NCCNC(C)C. The number of benzene rings is 1. The van der Waals surface area contributed by atoms with Crippen LogP contribution in [-0.4, -0.2) is 25.0 Å². The van der Waals surface area contributed by atoms with Gasteiger partial charge in [-0.2, -0.15) is 0 Å². The standard InChI is InChI=1S/C13H19ClN2O/c1-9(2)15-7-8-16-13(17)11-5-4-6-12(14)10(11)3/h4-6,9,15H,7-8H2,1-3H3,(H,16,17). The van der Waals surface area contributed by atoms with Crippen molar-refractivity contribution in [2.45, 2.75) is 26.8 Å². The van der Waals surface area contributed by atoms with Crippen LogP contribution in [-0.2, 0) is 0 Å². The first-order chi connectivity index (χ1) is 8.02. The molecule has 0 heterocycles. The summed E-state index contributed by atoms with van der Waals surface area (Å²) in [6, 6.07) is 5.79. The molecule has 1 aromatic rings. The Morgan fingerprint density at radius 2 is 2.06 bits per heavy atom. The second-order valence-corrected chi connectivity index (χ2v) is 4.68. The molecule has 2 N–H and O–H groups in total. The van der Waals surface area contributed by atoms with E-state index >= 15 is 0 Å². The van der Waals surface area contributed by atoms with Crippen molar-refractivity contribution in [3.63, 3.8) is 0 Å². The second-order valence-electron chi connectivity index (χ2n) is 4.28. The van der Waals surface area contributed by atoms with Crippen molar-refractivity contribution in [2.24, 2.45) is 0 Å². The van der Waals surface area contributed by atoms with Crippen molar-refractivity contribution in [1.29, 1.82) is 0 Å². The topological polar surface area (TPSA) is 41.1 Å². The lowest BCUT2D eigenvalue weighted by Gasteiger charge is -2.10. The van der Waals surface area contributed by atoms with Gasteiger partial charge in [0.05, 0.1) is 0 Å². The van der Waals surface area contributed by atoms with E-state index in [9.17, 15) is 4.79 Å². The highest BCUT2D eigenvalue weighted by atomic mass is 35.5. The molecule has 1 amide bonds. The molecule has 0 spiro atoms. The first-order valence-corrected chi connectivity index (χ1v) is 6.17. The molecule has 0 aliphatic heterocycles. The first kappa shape index (κ1) is 14.0. The van der Waals surface area contributed by atoms with E-state index in [2.05, 4.69) is 24.5 Å². The van der Waals surface area contributed by atoms with Crippen LogP contribution in [0.25, 0.3) is 0 Å². The lowest BCUT2D eigenvalue weighted by molar-refractivity contribution is 0.0953. The zero-order valence-electron chi connectivity index (χ0n) is 10.5. The molecular formula is C13H19ClN2O. The molecule has 0 radical (unpaired) electrons. The summed E-state index contributed by atoms with van der Waals surface area (Å²) in [5.41, 5.74) is 1.46. The average molecular weight is 255 g/mol. The quantitative estimate of drug-likeness (QED) is 0.793. The second kappa shape index (κ2) is 6.62. The Kier molecular flexibility index (Phi) is 5.45. The third kappa shape index (κ3) is 4.36. The molecule has 4 heteroatoms. The van der Waals surface area contributed by atoms with Gasteiger partial charge >= 0.3 is 0 Å². The van der Waals surface area contributed by atoms with Crippen molar-refractivity contribution in [1.82, 2.24) is 10.6 Å². The van der Waals surface area contributed by atoms with Crippen LogP contribution in [0.5, 0.6) is 0 Å². The van der Waals surface area contributed by atoms with Gasteiger partial charge in [0.25, 0.3) is 5.91 Å². The third-order valence-corrected chi connectivity index (χ3v) is 2.88. The maximum Gasteiger partial charge on any atom is 0.251 e. The van der Waals surface area contributed by atoms with Gasteiger partial charge in [0.15, 0.2) is 0 Å². The minimum Gasteiger partial charge on any atom is -0.351 e. The lowest BCUT2D eigenvalue weighted by atomic mass is 10.1. The number of amides is 1. The molecule has 0 aromatic heterocycles. The van der Waals surface area contributed by atoms with Crippen LogP contribution in [0.2, 0.25) is 5.02 Å². The van der Waals surface area contributed by atoms with Crippen LogP contribution in [0.1, 0.15) is 29.8 Å². The van der Waals surface area contributed by atoms with Crippen LogP contribution < -0.4 is 10.6 Å². The van der Waals surface area contributed by atoms with Crippen molar-refractivity contribution in [2.75, 3.05) is 13.1 Å². The zero-order chi connectivity index (χ0) is 12.8. The summed E-state index contributed by atoms with van der Waals surface area (Å²) >= 11 is 5.97. The van der Waals surface area contributed by atoms with Gasteiger partial charge in [-0.15, -0.1) is 0 Å². The van der Waals surface area contributed by atoms with Gasteiger partial charge in [0, 0.05) is 29.7 Å². The molecule has 3 nitrogen and oxygen atoms in total. The molecule has 0 atom stereocenters. The summed E-state index contributed by atoms with van der Waals surface area (Å²) in [5.74, 6) is -0.0736. The molecule has 0 aliphatic carbocycles. The molecule has 94 valence electrons. The number of hydrogen-bond acceptors (Lipinski definition) is 2. The van der Waals surface area contributed by atoms with E-state index in [-0.39, 0.29) is 5.91 Å². The number of rotatable bonds is 5. The lowest BCUT2D eigenvalue weighted by Crippen LogP contribution is -2.34. The highest BCUT2D eigenvalue weighted by Gasteiger charge is 2.09. The molecule has 1 rings (SSSR count). The minimum atomic E-state index is -0.0736. The predicted octanol–water partition coefficient (Wildman–Crippen LogP) is 2.38. The monoisotopic (exact) mass is 254 g/mol. The molecule has 0 unspecified atom stereocenters. The van der Waals surface area contributed by atoms with E-state index in [0.717, 1.165) is 12.1 Å². The van der Waals surface area contributed by atoms with E-state index in [1.165, 1.54) is 0 Å². The fraction of sp³-hybridized carbons (Fsp3) is 0.462. The fourth-order valence-electron chi connectivity index (χ4n) is 1.49. The molecule has 0 saturated carbocycles. The summed E-state index contributed by atoms with van der Waals surface area (Å²) in [6.45, 7) is 7.38. The van der Waals surface area contributed by atoms with Crippen LogP contribution in [0.3, 0.4) is 0 Å². The van der Waals surface area contributed by atoms with Crippen molar-refractivity contribution >= 4 is 17.5 Å². The van der Waals surface area contributed by atoms with Gasteiger partial charge in [-0.05, 0) is 24.6 Å². The summed E-state index contributed by atoms with van der Waals surface area (Å²) < 4.78 is 0. The Bertz CT molecular complexity index is 391. The van der Waals surface area contributed by atoms with Crippen LogP contribution in [0.15, 0.2) is 18.2 Å². The number of nitrogens with one attached hydrogen (secondary N) is 2. The van der Waals surface area contributed by atoms with Crippen LogP contribution in [0, 0.1) is 6.92 Å². The number of hydrogen-bond donors (Lipinski definition) is 2. The Labute approximate surface area is 108 Å². The number of carbonyl (C=O) groups is 1. The Hall–Kier alpha value is -1.06. The summed E-state index contributed by atoms with van der Waals surface area (Å²) in [6.07, 6.45) is 0. The Balaban J connectivity index is 2.50. The highest BCUT2D eigenvalue weighted by Crippen LogP contribution is 2.18. The minimum absolute atomic E-state index is 0.0736. The van der Waals surface area contributed by atoms with Gasteiger partial charge in [-0.1, -0.05) is 31.5 Å². The van der Waals surface area contributed by atoms with E-state index in [1.54, 1.807) is 18.2 Å². The van der Waals surface area contributed by atoms with E-state index in [1.807, 2.05) is 6.92 Å². The van der Waals surface area contributed by atoms with Gasteiger partial charge in [-0.25, -0.2) is 0 Å². The molecule has 0 fully saturated rings. The fourth-order valence-corrected chi connectivity index (χ4v) is 1.66. The summed E-state index contributed by atoms with van der Waals surface area (Å²) in [5, 5.41) is 6.72. The van der Waals surface area contributed by atoms with Gasteiger partial charge in [0.1, 0.15) is 0 Å². The largest absolute Gasteiger partial charge is 0.351 e. The molecule has 1 aromatic carbocycles. The van der Waals surface area contributed by atoms with Crippen molar-refractivity contribution in [3.8, 4) is 0 Å². The normalized spacial score (nSPS) is 10.6. The van der Waals surface area contributed by atoms with Gasteiger partial charge < -0.3 is 10.6 Å². The van der Waals surface area contributed by atoms with E-state index in [0.29, 0.717) is 23.2 Å². The first-order valence-electron chi connectivity index (χ1n) is 5.79. The van der Waals surface area contributed by atoms with Gasteiger partial charge in [0.2, 0.25) is 0 Å². The molecular weight excluding hydrogens is 236 g/mol. The average Bonchev–Trinajstić information content (AvgIpc) is 2.27.